The van der Waals surface area contributed by atoms with Crippen molar-refractivity contribution in [1.29, 1.82) is 0 Å². The molecule has 1 atom stereocenters. The minimum absolute atomic E-state index is 0.123. The summed E-state index contributed by atoms with van der Waals surface area (Å²) in [6.45, 7) is 0.195. The van der Waals surface area contributed by atoms with Crippen LogP contribution in [0, 0.1) is 5.82 Å². The fourth-order valence-corrected chi connectivity index (χ4v) is 3.63. The van der Waals surface area contributed by atoms with Crippen LogP contribution in [0.3, 0.4) is 0 Å². The molecule has 0 N–H and O–H groups in total. The number of hydrogen-bond acceptors (Lipinski definition) is 5. The normalized spacial score (nSPS) is 16.8. The van der Waals surface area contributed by atoms with Gasteiger partial charge in [-0.05, 0) is 24.3 Å². The van der Waals surface area contributed by atoms with Gasteiger partial charge in [0.15, 0.2) is 0 Å². The van der Waals surface area contributed by atoms with Crippen LogP contribution in [0.25, 0.3) is 6.08 Å². The first-order valence-corrected chi connectivity index (χ1v) is 9.91. The van der Waals surface area contributed by atoms with Crippen molar-refractivity contribution in [3.63, 3.8) is 0 Å². The number of halogens is 1. The van der Waals surface area contributed by atoms with E-state index in [0.29, 0.717) is 22.4 Å². The third-order valence-electron chi connectivity index (χ3n) is 5.15. The number of carbonyl (C=O) groups excluding carboxylic acids is 1. The molecule has 0 saturated carbocycles. The predicted molar refractivity (Wildman–Crippen MR) is 111 cm³/mol. The highest BCUT2D eigenvalue weighted by atomic mass is 19.1. The van der Waals surface area contributed by atoms with Gasteiger partial charge >= 0.3 is 5.97 Å². The monoisotopic (exact) mass is 418 g/mol. The molecule has 2 aliphatic heterocycles. The molecule has 0 fully saturated rings. The van der Waals surface area contributed by atoms with Gasteiger partial charge in [0.1, 0.15) is 30.5 Å². The predicted octanol–water partition coefficient (Wildman–Crippen LogP) is 4.95. The standard InChI is InChI=1S/C25H19FO5/c26-21-11-18(13-29-24(27)20-10-17-8-4-5-9-22(17)28-15-20)23-19(12-21)14-30-25(31-23)16-6-2-1-3-7-16/h1-12,25H,13-15H2/t25-/m0/s1. The number of fused-ring (bicyclic) bond motifs is 2. The van der Waals surface area contributed by atoms with Gasteiger partial charge in [-0.3, -0.25) is 0 Å². The molecule has 2 heterocycles. The molecular formula is C25H19FO5. The Hall–Kier alpha value is -3.64. The first-order valence-electron chi connectivity index (χ1n) is 9.91. The van der Waals surface area contributed by atoms with Crippen molar-refractivity contribution in [1.82, 2.24) is 0 Å². The Kier molecular flexibility index (Phi) is 5.14. The number of rotatable bonds is 4. The smallest absolute Gasteiger partial charge is 0.337 e. The number of para-hydroxylation sites is 1. The molecule has 5 rings (SSSR count). The van der Waals surface area contributed by atoms with Crippen LogP contribution in [0.15, 0.2) is 72.3 Å². The molecule has 0 unspecified atom stereocenters. The second-order valence-electron chi connectivity index (χ2n) is 7.30. The molecule has 2 aliphatic rings. The average Bonchev–Trinajstić information content (AvgIpc) is 2.82. The Labute approximate surface area is 178 Å². The molecule has 0 spiro atoms. The lowest BCUT2D eigenvalue weighted by atomic mass is 10.1. The third-order valence-corrected chi connectivity index (χ3v) is 5.15. The summed E-state index contributed by atoms with van der Waals surface area (Å²) in [4.78, 5) is 12.6. The lowest BCUT2D eigenvalue weighted by Crippen LogP contribution is -2.20. The second-order valence-corrected chi connectivity index (χ2v) is 7.30. The van der Waals surface area contributed by atoms with Gasteiger partial charge in [0.25, 0.3) is 0 Å². The van der Waals surface area contributed by atoms with E-state index in [2.05, 4.69) is 0 Å². The molecule has 0 aliphatic carbocycles. The lowest BCUT2D eigenvalue weighted by Gasteiger charge is -2.28. The summed E-state index contributed by atoms with van der Waals surface area (Å²) >= 11 is 0. The second kappa shape index (κ2) is 8.24. The van der Waals surface area contributed by atoms with E-state index in [1.165, 1.54) is 12.1 Å². The fraction of sp³-hybridized carbons (Fsp3) is 0.160. The number of carbonyl (C=O) groups is 1. The maximum absolute atomic E-state index is 14.1. The minimum atomic E-state index is -0.612. The van der Waals surface area contributed by atoms with Crippen LogP contribution < -0.4 is 9.47 Å². The Bertz CT molecular complexity index is 1160. The number of esters is 1. The first-order chi connectivity index (χ1) is 15.2. The van der Waals surface area contributed by atoms with Gasteiger partial charge < -0.3 is 18.9 Å². The molecule has 5 nitrogen and oxygen atoms in total. The highest BCUT2D eigenvalue weighted by Crippen LogP contribution is 2.37. The SMILES string of the molecule is O=C(OCc1cc(F)cc2c1O[C@@H](c1ccccc1)OC2)C1=Cc2ccccc2OC1. The van der Waals surface area contributed by atoms with Crippen LogP contribution in [0.4, 0.5) is 4.39 Å². The Morgan fingerprint density at radius 1 is 1.03 bits per heavy atom. The van der Waals surface area contributed by atoms with Crippen LogP contribution in [-0.4, -0.2) is 12.6 Å². The van der Waals surface area contributed by atoms with E-state index >= 15 is 0 Å². The van der Waals surface area contributed by atoms with Gasteiger partial charge in [0, 0.05) is 22.3 Å². The van der Waals surface area contributed by atoms with Gasteiger partial charge in [-0.2, -0.15) is 0 Å². The summed E-state index contributed by atoms with van der Waals surface area (Å²) in [5.74, 6) is 0.246. The van der Waals surface area contributed by atoms with Crippen LogP contribution in [0.5, 0.6) is 11.5 Å². The molecule has 3 aromatic carbocycles. The molecular weight excluding hydrogens is 399 g/mol. The maximum atomic E-state index is 14.1. The van der Waals surface area contributed by atoms with Crippen molar-refractivity contribution in [2.24, 2.45) is 0 Å². The van der Waals surface area contributed by atoms with Gasteiger partial charge in [-0.25, -0.2) is 9.18 Å². The van der Waals surface area contributed by atoms with E-state index in [4.69, 9.17) is 18.9 Å². The lowest BCUT2D eigenvalue weighted by molar-refractivity contribution is -0.141. The minimum Gasteiger partial charge on any atom is -0.488 e. The van der Waals surface area contributed by atoms with Crippen LogP contribution in [-0.2, 0) is 27.5 Å². The van der Waals surface area contributed by atoms with Gasteiger partial charge in [0.05, 0.1) is 12.2 Å². The van der Waals surface area contributed by atoms with Crippen LogP contribution in [0.1, 0.15) is 28.5 Å². The Morgan fingerprint density at radius 2 is 1.84 bits per heavy atom. The highest BCUT2D eigenvalue weighted by molar-refractivity contribution is 5.95. The Morgan fingerprint density at radius 3 is 2.71 bits per heavy atom. The summed E-state index contributed by atoms with van der Waals surface area (Å²) in [6.07, 6.45) is 1.14. The molecule has 6 heteroatoms. The molecule has 156 valence electrons. The number of ether oxygens (including phenoxy) is 4. The van der Waals surface area contributed by atoms with Gasteiger partial charge in [0.2, 0.25) is 6.29 Å². The molecule has 31 heavy (non-hydrogen) atoms. The zero-order chi connectivity index (χ0) is 21.2. The van der Waals surface area contributed by atoms with Crippen molar-refractivity contribution in [3.8, 4) is 11.5 Å². The zero-order valence-electron chi connectivity index (χ0n) is 16.5. The topological polar surface area (TPSA) is 54.0 Å². The van der Waals surface area contributed by atoms with Crippen molar-refractivity contribution in [3.05, 3.63) is 100 Å². The molecule has 0 amide bonds. The molecule has 3 aromatic rings. The van der Waals surface area contributed by atoms with E-state index in [1.54, 1.807) is 6.08 Å². The number of benzene rings is 3. The molecule has 0 aromatic heterocycles. The van der Waals surface area contributed by atoms with E-state index in [0.717, 1.165) is 16.9 Å². The quantitative estimate of drug-likeness (QED) is 0.561. The highest BCUT2D eigenvalue weighted by Gasteiger charge is 2.26. The zero-order valence-corrected chi connectivity index (χ0v) is 16.5. The van der Waals surface area contributed by atoms with Crippen molar-refractivity contribution in [2.45, 2.75) is 19.5 Å². The number of hydrogen-bond donors (Lipinski definition) is 0. The van der Waals surface area contributed by atoms with Crippen molar-refractivity contribution < 1.29 is 28.1 Å². The molecule has 0 bridgehead atoms. The summed E-state index contributed by atoms with van der Waals surface area (Å²) in [5, 5.41) is 0. The van der Waals surface area contributed by atoms with E-state index in [1.807, 2.05) is 54.6 Å². The van der Waals surface area contributed by atoms with E-state index in [-0.39, 0.29) is 19.8 Å². The fourth-order valence-electron chi connectivity index (χ4n) is 3.63. The summed E-state index contributed by atoms with van der Waals surface area (Å²) in [7, 11) is 0. The molecule has 0 radical (unpaired) electrons. The Balaban J connectivity index is 1.34. The van der Waals surface area contributed by atoms with Crippen molar-refractivity contribution >= 4 is 12.0 Å². The third kappa shape index (κ3) is 4.02. The van der Waals surface area contributed by atoms with Crippen LogP contribution >= 0.6 is 0 Å². The molecule has 0 saturated heterocycles. The maximum Gasteiger partial charge on any atom is 0.337 e. The largest absolute Gasteiger partial charge is 0.488 e. The first kappa shape index (κ1) is 19.3. The van der Waals surface area contributed by atoms with Crippen LogP contribution in [0.2, 0.25) is 0 Å². The summed E-state index contributed by atoms with van der Waals surface area (Å²) in [6, 6.07) is 19.6. The average molecular weight is 418 g/mol. The van der Waals surface area contributed by atoms with Crippen molar-refractivity contribution in [2.75, 3.05) is 6.61 Å². The van der Waals surface area contributed by atoms with E-state index in [9.17, 15) is 9.18 Å². The van der Waals surface area contributed by atoms with Gasteiger partial charge in [-0.1, -0.05) is 48.5 Å². The van der Waals surface area contributed by atoms with Gasteiger partial charge in [-0.15, -0.1) is 0 Å². The summed E-state index contributed by atoms with van der Waals surface area (Å²) < 4.78 is 37.0. The summed E-state index contributed by atoms with van der Waals surface area (Å²) in [5.41, 5.74) is 3.09. The van der Waals surface area contributed by atoms with E-state index < -0.39 is 18.1 Å².